The fourth-order valence-electron chi connectivity index (χ4n) is 2.48. The number of carboxylic acid groups (broad SMARTS) is 1. The molecule has 1 aromatic heterocycles. The number of hydrogen-bond acceptors (Lipinski definition) is 3. The first-order valence-corrected chi connectivity index (χ1v) is 8.02. The number of allylic oxidation sites excluding steroid dienone is 1. The summed E-state index contributed by atoms with van der Waals surface area (Å²) in [5, 5.41) is 15.5. The first-order valence-electron chi connectivity index (χ1n) is 8.02. The van der Waals surface area contributed by atoms with Gasteiger partial charge in [-0.3, -0.25) is 4.79 Å². The van der Waals surface area contributed by atoms with Gasteiger partial charge in [-0.1, -0.05) is 12.1 Å². The molecular formula is C18H18F3N3O3. The number of nitrogens with one attached hydrogen (secondary N) is 1. The van der Waals surface area contributed by atoms with Gasteiger partial charge in [-0.15, -0.1) is 6.58 Å². The van der Waals surface area contributed by atoms with Gasteiger partial charge < -0.3 is 10.4 Å². The summed E-state index contributed by atoms with van der Waals surface area (Å²) in [5.41, 5.74) is -0.323. The van der Waals surface area contributed by atoms with Crippen molar-refractivity contribution in [2.75, 3.05) is 0 Å². The van der Waals surface area contributed by atoms with Crippen LogP contribution in [0.4, 0.5) is 13.2 Å². The predicted octanol–water partition coefficient (Wildman–Crippen LogP) is 3.35. The zero-order chi connectivity index (χ0) is 20.2. The van der Waals surface area contributed by atoms with Gasteiger partial charge in [0.25, 0.3) is 5.91 Å². The summed E-state index contributed by atoms with van der Waals surface area (Å²) in [7, 11) is 0. The summed E-state index contributed by atoms with van der Waals surface area (Å²) in [6.07, 6.45) is -1.20. The number of alkyl halides is 3. The summed E-state index contributed by atoms with van der Waals surface area (Å²) in [4.78, 5) is 23.6. The first-order chi connectivity index (χ1) is 12.6. The van der Waals surface area contributed by atoms with E-state index in [0.29, 0.717) is 12.1 Å². The molecule has 0 aliphatic carbocycles. The van der Waals surface area contributed by atoms with E-state index in [0.717, 1.165) is 12.1 Å². The van der Waals surface area contributed by atoms with Gasteiger partial charge >= 0.3 is 12.1 Å². The van der Waals surface area contributed by atoms with Crippen LogP contribution in [0.2, 0.25) is 0 Å². The van der Waals surface area contributed by atoms with Crippen molar-refractivity contribution in [3.05, 3.63) is 59.9 Å². The van der Waals surface area contributed by atoms with E-state index < -0.39 is 29.7 Å². The first kappa shape index (κ1) is 20.2. The molecule has 9 heteroatoms. The molecule has 0 aliphatic heterocycles. The van der Waals surface area contributed by atoms with Gasteiger partial charge in [0.15, 0.2) is 0 Å². The zero-order valence-electron chi connectivity index (χ0n) is 14.5. The van der Waals surface area contributed by atoms with Crippen LogP contribution in [0.25, 0.3) is 5.69 Å². The molecule has 1 amide bonds. The largest absolute Gasteiger partial charge is 0.480 e. The lowest BCUT2D eigenvalue weighted by atomic mass is 10.1. The third kappa shape index (κ3) is 4.75. The Balaban J connectivity index is 2.28. The fraction of sp³-hybridized carbons (Fsp3) is 0.278. The van der Waals surface area contributed by atoms with Crippen molar-refractivity contribution in [3.8, 4) is 5.69 Å². The second-order valence-electron chi connectivity index (χ2n) is 5.83. The van der Waals surface area contributed by atoms with Crippen molar-refractivity contribution in [2.45, 2.75) is 32.0 Å². The van der Waals surface area contributed by atoms with Crippen LogP contribution in [0.5, 0.6) is 0 Å². The maximum absolute atomic E-state index is 12.9. The average Bonchev–Trinajstić information content (AvgIpc) is 2.99. The number of rotatable bonds is 7. The van der Waals surface area contributed by atoms with Gasteiger partial charge in [0, 0.05) is 0 Å². The highest BCUT2D eigenvalue weighted by molar-refractivity contribution is 5.97. The lowest BCUT2D eigenvalue weighted by Crippen LogP contribution is -2.40. The Hall–Kier alpha value is -3.10. The normalized spacial score (nSPS) is 12.4. The lowest BCUT2D eigenvalue weighted by Gasteiger charge is -2.13. The van der Waals surface area contributed by atoms with Crippen molar-refractivity contribution < 1.29 is 27.9 Å². The minimum Gasteiger partial charge on any atom is -0.480 e. The molecule has 0 radical (unpaired) electrons. The van der Waals surface area contributed by atoms with Crippen molar-refractivity contribution >= 4 is 11.9 Å². The topological polar surface area (TPSA) is 84.2 Å². The van der Waals surface area contributed by atoms with Crippen molar-refractivity contribution in [1.82, 2.24) is 15.1 Å². The minimum atomic E-state index is -4.50. The molecule has 0 aliphatic rings. The molecule has 0 saturated carbocycles. The number of benzene rings is 1. The molecule has 0 saturated heterocycles. The number of carbonyl (C=O) groups is 2. The minimum absolute atomic E-state index is 0.0808. The highest BCUT2D eigenvalue weighted by Crippen LogP contribution is 2.30. The van der Waals surface area contributed by atoms with Crippen LogP contribution in [0.1, 0.15) is 34.5 Å². The van der Waals surface area contributed by atoms with Crippen LogP contribution in [-0.4, -0.2) is 32.8 Å². The quantitative estimate of drug-likeness (QED) is 0.721. The third-order valence-electron chi connectivity index (χ3n) is 3.94. The summed E-state index contributed by atoms with van der Waals surface area (Å²) in [5.74, 6) is -1.85. The van der Waals surface area contributed by atoms with Crippen molar-refractivity contribution in [3.63, 3.8) is 0 Å². The summed E-state index contributed by atoms with van der Waals surface area (Å²) < 4.78 is 39.8. The van der Waals surface area contributed by atoms with Crippen LogP contribution in [-0.2, 0) is 11.0 Å². The molecule has 1 atom stereocenters. The number of aromatic nitrogens is 2. The highest BCUT2D eigenvalue weighted by atomic mass is 19.4. The highest BCUT2D eigenvalue weighted by Gasteiger charge is 2.31. The smallest absolute Gasteiger partial charge is 0.416 e. The van der Waals surface area contributed by atoms with Gasteiger partial charge in [0.2, 0.25) is 0 Å². The number of nitrogens with zero attached hydrogens (tertiary/aromatic N) is 2. The van der Waals surface area contributed by atoms with Crippen LogP contribution in [0.3, 0.4) is 0 Å². The van der Waals surface area contributed by atoms with E-state index in [1.54, 1.807) is 6.08 Å². The Morgan fingerprint density at radius 2 is 2.11 bits per heavy atom. The molecule has 1 heterocycles. The molecular weight excluding hydrogens is 363 g/mol. The molecule has 2 aromatic rings. The van der Waals surface area contributed by atoms with Gasteiger partial charge in [0.05, 0.1) is 28.7 Å². The standard InChI is InChI=1S/C18H18F3N3O3/c1-3-4-8-15(17(26)27)23-16(25)14-10-22-24(11(14)2)13-7-5-6-12(9-13)18(19,20)21/h3,5-7,9-10,15H,1,4,8H2,2H3,(H,23,25)(H,26,27). The predicted molar refractivity (Wildman–Crippen MR) is 91.6 cm³/mol. The van der Waals surface area contributed by atoms with E-state index in [9.17, 15) is 27.9 Å². The Morgan fingerprint density at radius 3 is 2.70 bits per heavy atom. The second kappa shape index (κ2) is 8.07. The molecule has 2 rings (SSSR count). The van der Waals surface area contributed by atoms with E-state index in [1.807, 2.05) is 0 Å². The van der Waals surface area contributed by atoms with E-state index in [2.05, 4.69) is 17.0 Å². The van der Waals surface area contributed by atoms with Crippen molar-refractivity contribution in [1.29, 1.82) is 0 Å². The molecule has 1 aromatic carbocycles. The third-order valence-corrected chi connectivity index (χ3v) is 3.94. The molecule has 1 unspecified atom stereocenters. The molecule has 0 fully saturated rings. The van der Waals surface area contributed by atoms with Gasteiger partial charge in [0.1, 0.15) is 6.04 Å². The van der Waals surface area contributed by atoms with Crippen LogP contribution in [0.15, 0.2) is 43.1 Å². The van der Waals surface area contributed by atoms with Crippen LogP contribution in [0, 0.1) is 6.92 Å². The average molecular weight is 381 g/mol. The Morgan fingerprint density at radius 1 is 1.41 bits per heavy atom. The van der Waals surface area contributed by atoms with Crippen LogP contribution >= 0.6 is 0 Å². The number of carbonyl (C=O) groups excluding carboxylic acids is 1. The SMILES string of the molecule is C=CCCC(NC(=O)c1cnn(-c2cccc(C(F)(F)F)c2)c1C)C(=O)O. The van der Waals surface area contributed by atoms with Gasteiger partial charge in [-0.05, 0) is 38.0 Å². The molecule has 27 heavy (non-hydrogen) atoms. The lowest BCUT2D eigenvalue weighted by molar-refractivity contribution is -0.139. The van der Waals surface area contributed by atoms with Gasteiger partial charge in [-0.2, -0.15) is 18.3 Å². The zero-order valence-corrected chi connectivity index (χ0v) is 14.5. The Labute approximate surface area is 153 Å². The summed E-state index contributed by atoms with van der Waals surface area (Å²) in [6, 6.07) is 3.43. The molecule has 144 valence electrons. The van der Waals surface area contributed by atoms with Gasteiger partial charge in [-0.25, -0.2) is 9.48 Å². The number of halogens is 3. The van der Waals surface area contributed by atoms with Crippen molar-refractivity contribution in [2.24, 2.45) is 0 Å². The number of hydrogen-bond donors (Lipinski definition) is 2. The maximum atomic E-state index is 12.9. The Kier molecular flexibility index (Phi) is 6.04. The molecule has 2 N–H and O–H groups in total. The number of amides is 1. The number of carboxylic acids is 1. The second-order valence-corrected chi connectivity index (χ2v) is 5.83. The van der Waals surface area contributed by atoms with E-state index in [1.165, 1.54) is 29.9 Å². The van der Waals surface area contributed by atoms with E-state index >= 15 is 0 Å². The molecule has 0 bridgehead atoms. The maximum Gasteiger partial charge on any atom is 0.416 e. The monoisotopic (exact) mass is 381 g/mol. The van der Waals surface area contributed by atoms with E-state index in [-0.39, 0.29) is 17.7 Å². The molecule has 6 nitrogen and oxygen atoms in total. The summed E-state index contributed by atoms with van der Waals surface area (Å²) in [6.45, 7) is 5.02. The number of aliphatic carboxylic acids is 1. The molecule has 0 spiro atoms. The van der Waals surface area contributed by atoms with Crippen LogP contribution < -0.4 is 5.32 Å². The summed E-state index contributed by atoms with van der Waals surface area (Å²) >= 11 is 0. The Bertz CT molecular complexity index is 859. The van der Waals surface area contributed by atoms with E-state index in [4.69, 9.17) is 0 Å². The fourth-order valence-corrected chi connectivity index (χ4v) is 2.48.